The highest BCUT2D eigenvalue weighted by molar-refractivity contribution is 5.87. The molecule has 0 aliphatic heterocycles. The van der Waals surface area contributed by atoms with Crippen LogP contribution in [0.15, 0.2) is 164 Å². The third kappa shape index (κ3) is 5.12. The van der Waals surface area contributed by atoms with Crippen LogP contribution in [-0.2, 0) is 21.7 Å². The Bertz CT molecular complexity index is 2620. The summed E-state index contributed by atoms with van der Waals surface area (Å²) < 4.78 is 0. The van der Waals surface area contributed by atoms with Gasteiger partial charge >= 0.3 is 0 Å². The number of fused-ring (bicyclic) bond motifs is 7. The summed E-state index contributed by atoms with van der Waals surface area (Å²) in [5, 5.41) is 0. The van der Waals surface area contributed by atoms with Crippen LogP contribution in [0.25, 0.3) is 33.4 Å². The third-order valence-corrected chi connectivity index (χ3v) is 13.4. The van der Waals surface area contributed by atoms with Gasteiger partial charge in [-0.25, -0.2) is 0 Å². The first-order chi connectivity index (χ1) is 26.5. The van der Waals surface area contributed by atoms with Crippen molar-refractivity contribution in [3.05, 3.63) is 197 Å². The molecule has 55 heavy (non-hydrogen) atoms. The van der Waals surface area contributed by atoms with Crippen LogP contribution < -0.4 is 4.90 Å². The van der Waals surface area contributed by atoms with Crippen molar-refractivity contribution in [2.75, 3.05) is 4.90 Å². The molecule has 0 saturated heterocycles. The van der Waals surface area contributed by atoms with Crippen molar-refractivity contribution < 1.29 is 0 Å². The normalized spacial score (nSPS) is 19.1. The summed E-state index contributed by atoms with van der Waals surface area (Å²) in [6.07, 6.45) is 2.30. The van der Waals surface area contributed by atoms with Crippen molar-refractivity contribution in [1.29, 1.82) is 0 Å². The number of anilines is 3. The van der Waals surface area contributed by atoms with Gasteiger partial charge in [0.1, 0.15) is 0 Å². The SMILES string of the molecule is CC1(C)CC2(CC(C)(C)c3cc(-c4cccc(N(c5ccc(-c6ccccc6)cc5)c5ccc6c(c5)C(C)(C)c5ccccc5-6)c4)ccc32)c2ccccc21. The highest BCUT2D eigenvalue weighted by Crippen LogP contribution is 2.63. The minimum absolute atomic E-state index is 0.0586. The summed E-state index contributed by atoms with van der Waals surface area (Å²) in [5.74, 6) is 0. The summed E-state index contributed by atoms with van der Waals surface area (Å²) in [4.78, 5) is 2.45. The predicted molar refractivity (Wildman–Crippen MR) is 232 cm³/mol. The van der Waals surface area contributed by atoms with Gasteiger partial charge in [-0.3, -0.25) is 0 Å². The molecule has 7 aromatic rings. The van der Waals surface area contributed by atoms with Crippen LogP contribution in [0, 0.1) is 0 Å². The first kappa shape index (κ1) is 33.9. The zero-order valence-corrected chi connectivity index (χ0v) is 32.9. The van der Waals surface area contributed by atoms with E-state index in [1.165, 1.54) is 72.4 Å². The fourth-order valence-corrected chi connectivity index (χ4v) is 11.0. The van der Waals surface area contributed by atoms with Gasteiger partial charge in [0.05, 0.1) is 0 Å². The number of benzene rings is 7. The lowest BCUT2D eigenvalue weighted by molar-refractivity contribution is 0.349. The van der Waals surface area contributed by atoms with Crippen LogP contribution in [0.2, 0.25) is 0 Å². The lowest BCUT2D eigenvalue weighted by Gasteiger charge is -2.30. The zero-order chi connectivity index (χ0) is 37.7. The van der Waals surface area contributed by atoms with Crippen molar-refractivity contribution in [3.8, 4) is 33.4 Å². The standard InChI is InChI=1S/C54H49N/c1-51(2)34-54(47-22-13-12-21-46(47)51)35-52(3,4)50-32-39(25-30-48(50)54)38-17-14-18-41(31-38)55(40-26-23-37(24-27-40)36-15-8-7-9-16-36)42-28-29-44-43-19-10-11-20-45(43)53(5,6)49(44)33-42/h7-33H,34-35H2,1-6H3. The van der Waals surface area contributed by atoms with Crippen LogP contribution in [0.1, 0.15) is 87.8 Å². The topological polar surface area (TPSA) is 3.24 Å². The molecule has 1 unspecified atom stereocenters. The number of hydrogen-bond donors (Lipinski definition) is 0. The van der Waals surface area contributed by atoms with E-state index in [9.17, 15) is 0 Å². The maximum Gasteiger partial charge on any atom is 0.0467 e. The Kier molecular flexibility index (Phi) is 7.34. The molecular formula is C54H49N. The molecule has 3 aliphatic carbocycles. The van der Waals surface area contributed by atoms with Gasteiger partial charge in [0.2, 0.25) is 0 Å². The maximum absolute atomic E-state index is 2.52. The van der Waals surface area contributed by atoms with Gasteiger partial charge in [0.15, 0.2) is 0 Å². The second-order valence-electron chi connectivity index (χ2n) is 18.2. The lowest BCUT2D eigenvalue weighted by atomic mass is 9.72. The average molecular weight is 712 g/mol. The minimum Gasteiger partial charge on any atom is -0.310 e. The summed E-state index contributed by atoms with van der Waals surface area (Å²) in [5.41, 5.74) is 20.2. The highest BCUT2D eigenvalue weighted by Gasteiger charge is 2.56. The number of nitrogens with zero attached hydrogens (tertiary/aromatic N) is 1. The van der Waals surface area contributed by atoms with Crippen molar-refractivity contribution in [1.82, 2.24) is 0 Å². The highest BCUT2D eigenvalue weighted by atomic mass is 15.1. The van der Waals surface area contributed by atoms with Crippen LogP contribution in [0.3, 0.4) is 0 Å². The van der Waals surface area contributed by atoms with Gasteiger partial charge in [0, 0.05) is 27.9 Å². The zero-order valence-electron chi connectivity index (χ0n) is 32.9. The van der Waals surface area contributed by atoms with Crippen LogP contribution in [-0.4, -0.2) is 0 Å². The summed E-state index contributed by atoms with van der Waals surface area (Å²) in [6, 6.07) is 61.6. The largest absolute Gasteiger partial charge is 0.310 e. The number of hydrogen-bond acceptors (Lipinski definition) is 1. The summed E-state index contributed by atoms with van der Waals surface area (Å²) in [7, 11) is 0. The molecule has 0 aromatic heterocycles. The lowest BCUT2D eigenvalue weighted by Crippen LogP contribution is -2.26. The average Bonchev–Trinajstić information content (AvgIpc) is 3.68. The van der Waals surface area contributed by atoms with E-state index in [-0.39, 0.29) is 21.7 Å². The number of rotatable bonds is 5. The van der Waals surface area contributed by atoms with E-state index < -0.39 is 0 Å². The molecule has 0 heterocycles. The molecular weight excluding hydrogens is 663 g/mol. The van der Waals surface area contributed by atoms with E-state index in [4.69, 9.17) is 0 Å². The Hall–Kier alpha value is -5.66. The van der Waals surface area contributed by atoms with E-state index in [0.29, 0.717) is 0 Å². The quantitative estimate of drug-likeness (QED) is 0.172. The Morgan fingerprint density at radius 2 is 0.873 bits per heavy atom. The van der Waals surface area contributed by atoms with Gasteiger partial charge in [-0.1, -0.05) is 169 Å². The van der Waals surface area contributed by atoms with Crippen LogP contribution in [0.4, 0.5) is 17.1 Å². The Morgan fingerprint density at radius 3 is 1.64 bits per heavy atom. The Morgan fingerprint density at radius 1 is 0.345 bits per heavy atom. The van der Waals surface area contributed by atoms with E-state index in [2.05, 4.69) is 210 Å². The summed E-state index contributed by atoms with van der Waals surface area (Å²) in [6.45, 7) is 14.5. The summed E-state index contributed by atoms with van der Waals surface area (Å²) >= 11 is 0. The van der Waals surface area contributed by atoms with Gasteiger partial charge in [0.25, 0.3) is 0 Å². The van der Waals surface area contributed by atoms with Crippen molar-refractivity contribution in [3.63, 3.8) is 0 Å². The molecule has 7 aromatic carbocycles. The molecule has 1 heteroatoms. The van der Waals surface area contributed by atoms with Gasteiger partial charge in [-0.05, 0) is 127 Å². The molecule has 3 aliphatic rings. The Labute approximate surface area is 327 Å². The van der Waals surface area contributed by atoms with E-state index in [0.717, 1.165) is 24.2 Å². The monoisotopic (exact) mass is 711 g/mol. The van der Waals surface area contributed by atoms with E-state index >= 15 is 0 Å². The second kappa shape index (κ2) is 11.9. The fourth-order valence-electron chi connectivity index (χ4n) is 11.0. The molecule has 10 rings (SSSR count). The molecule has 270 valence electrons. The predicted octanol–water partition coefficient (Wildman–Crippen LogP) is 14.4. The Balaban J connectivity index is 1.09. The second-order valence-corrected chi connectivity index (χ2v) is 18.2. The van der Waals surface area contributed by atoms with Crippen LogP contribution in [0.5, 0.6) is 0 Å². The molecule has 0 N–H and O–H groups in total. The molecule has 0 radical (unpaired) electrons. The van der Waals surface area contributed by atoms with Crippen molar-refractivity contribution in [2.45, 2.75) is 76.0 Å². The smallest absolute Gasteiger partial charge is 0.0467 e. The molecule has 0 amide bonds. The third-order valence-electron chi connectivity index (χ3n) is 13.4. The first-order valence-corrected chi connectivity index (χ1v) is 20.0. The molecule has 0 fully saturated rings. The van der Waals surface area contributed by atoms with Gasteiger partial charge < -0.3 is 4.90 Å². The fraction of sp³-hybridized carbons (Fsp3) is 0.222. The van der Waals surface area contributed by atoms with Crippen molar-refractivity contribution in [2.24, 2.45) is 0 Å². The molecule has 0 saturated carbocycles. The van der Waals surface area contributed by atoms with Crippen LogP contribution >= 0.6 is 0 Å². The first-order valence-electron chi connectivity index (χ1n) is 20.0. The molecule has 1 spiro atoms. The van der Waals surface area contributed by atoms with Crippen molar-refractivity contribution >= 4 is 17.1 Å². The molecule has 1 atom stereocenters. The molecule has 1 nitrogen and oxygen atoms in total. The molecule has 0 bridgehead atoms. The van der Waals surface area contributed by atoms with E-state index in [1.54, 1.807) is 0 Å². The minimum atomic E-state index is -0.0871. The van der Waals surface area contributed by atoms with Gasteiger partial charge in [-0.15, -0.1) is 0 Å². The maximum atomic E-state index is 2.52. The van der Waals surface area contributed by atoms with E-state index in [1.807, 2.05) is 0 Å². The van der Waals surface area contributed by atoms with Gasteiger partial charge in [-0.2, -0.15) is 0 Å².